The number of carbonyl (C=O) groups is 1. The van der Waals surface area contributed by atoms with Crippen LogP contribution in [0.1, 0.15) is 37.9 Å². The van der Waals surface area contributed by atoms with Crippen molar-refractivity contribution in [3.63, 3.8) is 0 Å². The lowest BCUT2D eigenvalue weighted by Crippen LogP contribution is -2.33. The molecule has 0 spiro atoms. The first-order valence-electron chi connectivity index (χ1n) is 6.26. The van der Waals surface area contributed by atoms with E-state index in [9.17, 15) is 4.79 Å². The Hall–Kier alpha value is -0.980. The predicted octanol–water partition coefficient (Wildman–Crippen LogP) is 1.93. The van der Waals surface area contributed by atoms with Crippen LogP contribution in [0.2, 0.25) is 0 Å². The lowest BCUT2D eigenvalue weighted by molar-refractivity contribution is -0.129. The normalized spacial score (nSPS) is 21.6. The van der Waals surface area contributed by atoms with Crippen LogP contribution in [0.25, 0.3) is 0 Å². The highest BCUT2D eigenvalue weighted by Gasteiger charge is 2.22. The molecule has 5 nitrogen and oxygen atoms in total. The maximum Gasteiger partial charge on any atom is 0.255 e. The van der Waals surface area contributed by atoms with Gasteiger partial charge in [0, 0.05) is 18.0 Å². The fraction of sp³-hybridized carbons (Fsp3) is 0.667. The van der Waals surface area contributed by atoms with Crippen LogP contribution in [0.15, 0.2) is 5.38 Å². The van der Waals surface area contributed by atoms with Gasteiger partial charge in [-0.1, -0.05) is 0 Å². The molecule has 1 fully saturated rings. The number of anilines is 1. The predicted molar refractivity (Wildman–Crippen MR) is 71.8 cm³/mol. The second-order valence-corrected chi connectivity index (χ2v) is 5.29. The lowest BCUT2D eigenvalue weighted by Gasteiger charge is -2.20. The summed E-state index contributed by atoms with van der Waals surface area (Å²) in [6.07, 6.45) is 2.59. The van der Waals surface area contributed by atoms with Crippen molar-refractivity contribution in [1.82, 2.24) is 10.3 Å². The summed E-state index contributed by atoms with van der Waals surface area (Å²) >= 11 is 1.45. The van der Waals surface area contributed by atoms with Crippen molar-refractivity contribution in [2.45, 2.75) is 38.3 Å². The van der Waals surface area contributed by atoms with Gasteiger partial charge >= 0.3 is 0 Å². The van der Waals surface area contributed by atoms with Crippen molar-refractivity contribution in [2.75, 3.05) is 19.0 Å². The van der Waals surface area contributed by atoms with E-state index in [1.54, 1.807) is 0 Å². The lowest BCUT2D eigenvalue weighted by atomic mass is 10.1. The maximum absolute atomic E-state index is 11.9. The molecule has 1 aliphatic rings. The molecule has 0 aromatic carbocycles. The third-order valence-corrected chi connectivity index (χ3v) is 3.88. The molecule has 2 rings (SSSR count). The van der Waals surface area contributed by atoms with Crippen LogP contribution in [-0.2, 0) is 9.53 Å². The molecule has 0 aliphatic carbocycles. The molecule has 6 heteroatoms. The van der Waals surface area contributed by atoms with Gasteiger partial charge in [-0.05, 0) is 33.2 Å². The van der Waals surface area contributed by atoms with E-state index in [4.69, 9.17) is 4.74 Å². The van der Waals surface area contributed by atoms with Gasteiger partial charge in [0.1, 0.15) is 6.10 Å². The number of nitrogens with one attached hydrogen (secondary N) is 2. The van der Waals surface area contributed by atoms with E-state index < -0.39 is 0 Å². The third kappa shape index (κ3) is 3.28. The Labute approximate surface area is 111 Å². The molecule has 1 aromatic rings. The largest absolute Gasteiger partial charge is 0.368 e. The monoisotopic (exact) mass is 269 g/mol. The van der Waals surface area contributed by atoms with Crippen molar-refractivity contribution in [3.05, 3.63) is 11.1 Å². The number of rotatable bonds is 4. The topological polar surface area (TPSA) is 63.2 Å². The standard InChI is InChI=1S/C12H19N3O2S/c1-8(13-2)9-7-18-12(14-9)15-11(16)10-5-3-4-6-17-10/h7-8,10,13H,3-6H2,1-2H3,(H,14,15,16). The smallest absolute Gasteiger partial charge is 0.255 e. The fourth-order valence-corrected chi connectivity index (χ4v) is 2.63. The summed E-state index contributed by atoms with van der Waals surface area (Å²) < 4.78 is 5.44. The molecule has 1 saturated heterocycles. The van der Waals surface area contributed by atoms with Gasteiger partial charge in [-0.2, -0.15) is 0 Å². The van der Waals surface area contributed by atoms with Crippen LogP contribution in [-0.4, -0.2) is 30.6 Å². The Morgan fingerprint density at radius 2 is 2.44 bits per heavy atom. The molecule has 0 radical (unpaired) electrons. The highest BCUT2D eigenvalue weighted by atomic mass is 32.1. The number of nitrogens with zero attached hydrogens (tertiary/aromatic N) is 1. The van der Waals surface area contributed by atoms with Crippen molar-refractivity contribution < 1.29 is 9.53 Å². The third-order valence-electron chi connectivity index (χ3n) is 3.10. The zero-order valence-corrected chi connectivity index (χ0v) is 11.5. The maximum atomic E-state index is 11.9. The first kappa shape index (κ1) is 13.5. The second-order valence-electron chi connectivity index (χ2n) is 4.43. The zero-order chi connectivity index (χ0) is 13.0. The van der Waals surface area contributed by atoms with E-state index in [0.717, 1.165) is 25.0 Å². The van der Waals surface area contributed by atoms with Gasteiger partial charge in [0.15, 0.2) is 5.13 Å². The van der Waals surface area contributed by atoms with Crippen LogP contribution < -0.4 is 10.6 Å². The highest BCUT2D eigenvalue weighted by molar-refractivity contribution is 7.13. The molecule has 2 unspecified atom stereocenters. The molecule has 0 saturated carbocycles. The zero-order valence-electron chi connectivity index (χ0n) is 10.7. The number of aromatic nitrogens is 1. The van der Waals surface area contributed by atoms with Gasteiger partial charge in [0.2, 0.25) is 0 Å². The minimum atomic E-state index is -0.312. The molecular formula is C12H19N3O2S. The second kappa shape index (κ2) is 6.26. The first-order chi connectivity index (χ1) is 8.70. The summed E-state index contributed by atoms with van der Waals surface area (Å²) in [5.74, 6) is -0.0762. The number of hydrogen-bond donors (Lipinski definition) is 2. The molecule has 100 valence electrons. The Morgan fingerprint density at radius 3 is 3.11 bits per heavy atom. The Balaban J connectivity index is 1.92. The van der Waals surface area contributed by atoms with Crippen LogP contribution >= 0.6 is 11.3 Å². The van der Waals surface area contributed by atoms with Crippen LogP contribution in [0.3, 0.4) is 0 Å². The molecule has 0 bridgehead atoms. The minimum Gasteiger partial charge on any atom is -0.368 e. The van der Waals surface area contributed by atoms with E-state index in [1.165, 1.54) is 11.3 Å². The van der Waals surface area contributed by atoms with Gasteiger partial charge < -0.3 is 10.1 Å². The quantitative estimate of drug-likeness (QED) is 0.876. The van der Waals surface area contributed by atoms with Crippen LogP contribution in [0.5, 0.6) is 0 Å². The van der Waals surface area contributed by atoms with E-state index in [1.807, 2.05) is 19.4 Å². The number of ether oxygens (including phenoxy) is 1. The van der Waals surface area contributed by atoms with Crippen molar-refractivity contribution in [2.24, 2.45) is 0 Å². The summed E-state index contributed by atoms with van der Waals surface area (Å²) in [6, 6.07) is 0.192. The molecule has 1 aromatic heterocycles. The van der Waals surface area contributed by atoms with E-state index in [-0.39, 0.29) is 18.1 Å². The average Bonchev–Trinajstić information content (AvgIpc) is 2.87. The van der Waals surface area contributed by atoms with Crippen molar-refractivity contribution >= 4 is 22.4 Å². The average molecular weight is 269 g/mol. The van der Waals surface area contributed by atoms with E-state index in [2.05, 4.69) is 15.6 Å². The van der Waals surface area contributed by atoms with Crippen molar-refractivity contribution in [1.29, 1.82) is 0 Å². The summed E-state index contributed by atoms with van der Waals surface area (Å²) in [5.41, 5.74) is 0.947. The number of amides is 1. The molecule has 2 heterocycles. The van der Waals surface area contributed by atoms with Gasteiger partial charge in [-0.3, -0.25) is 10.1 Å². The van der Waals surface area contributed by atoms with Gasteiger partial charge in [-0.15, -0.1) is 11.3 Å². The Morgan fingerprint density at radius 1 is 1.61 bits per heavy atom. The van der Waals surface area contributed by atoms with Gasteiger partial charge in [0.05, 0.1) is 5.69 Å². The first-order valence-corrected chi connectivity index (χ1v) is 7.14. The minimum absolute atomic E-state index is 0.0762. The summed E-state index contributed by atoms with van der Waals surface area (Å²) in [5, 5.41) is 8.55. The summed E-state index contributed by atoms with van der Waals surface area (Å²) in [7, 11) is 1.89. The number of carbonyl (C=O) groups excluding carboxylic acids is 1. The number of hydrogen-bond acceptors (Lipinski definition) is 5. The molecular weight excluding hydrogens is 250 g/mol. The Kier molecular flexibility index (Phi) is 4.68. The molecule has 1 amide bonds. The van der Waals surface area contributed by atoms with Crippen molar-refractivity contribution in [3.8, 4) is 0 Å². The van der Waals surface area contributed by atoms with E-state index >= 15 is 0 Å². The highest BCUT2D eigenvalue weighted by Crippen LogP contribution is 2.21. The fourth-order valence-electron chi connectivity index (χ4n) is 1.82. The summed E-state index contributed by atoms with van der Waals surface area (Å²) in [4.78, 5) is 16.3. The number of thiazole rings is 1. The van der Waals surface area contributed by atoms with Gasteiger partial charge in [-0.25, -0.2) is 4.98 Å². The molecule has 2 atom stereocenters. The van der Waals surface area contributed by atoms with Crippen LogP contribution in [0, 0.1) is 0 Å². The van der Waals surface area contributed by atoms with Crippen LogP contribution in [0.4, 0.5) is 5.13 Å². The summed E-state index contributed by atoms with van der Waals surface area (Å²) in [6.45, 7) is 2.71. The molecule has 18 heavy (non-hydrogen) atoms. The van der Waals surface area contributed by atoms with E-state index in [0.29, 0.717) is 11.7 Å². The SMILES string of the molecule is CNC(C)c1csc(NC(=O)C2CCCCO2)n1. The Bertz CT molecular complexity index is 402. The van der Waals surface area contributed by atoms with Gasteiger partial charge in [0.25, 0.3) is 5.91 Å². The molecule has 2 N–H and O–H groups in total. The molecule has 1 aliphatic heterocycles.